The molecular formula is C25H27N5O. The number of urea groups is 1. The summed E-state index contributed by atoms with van der Waals surface area (Å²) in [5, 5.41) is 4.22. The van der Waals surface area contributed by atoms with Gasteiger partial charge in [0.2, 0.25) is 0 Å². The van der Waals surface area contributed by atoms with Crippen LogP contribution in [0.2, 0.25) is 0 Å². The number of rotatable bonds is 7. The van der Waals surface area contributed by atoms with E-state index in [-0.39, 0.29) is 0 Å². The third-order valence-corrected chi connectivity index (χ3v) is 5.61. The molecule has 0 saturated carbocycles. The van der Waals surface area contributed by atoms with Crippen molar-refractivity contribution in [3.05, 3.63) is 84.1 Å². The number of carbonyl (C=O) groups excluding carboxylic acids is 1. The van der Waals surface area contributed by atoms with Crippen molar-refractivity contribution in [1.82, 2.24) is 10.4 Å². The molecule has 0 unspecified atom stereocenters. The summed E-state index contributed by atoms with van der Waals surface area (Å²) in [4.78, 5) is 16.8. The summed E-state index contributed by atoms with van der Waals surface area (Å²) in [5.41, 5.74) is 6.01. The van der Waals surface area contributed by atoms with Crippen LogP contribution in [0.15, 0.2) is 72.8 Å². The van der Waals surface area contributed by atoms with Crippen LogP contribution >= 0.6 is 0 Å². The third-order valence-electron chi connectivity index (χ3n) is 5.61. The van der Waals surface area contributed by atoms with Crippen molar-refractivity contribution in [2.45, 2.75) is 32.1 Å². The highest BCUT2D eigenvalue weighted by atomic mass is 16.2. The maximum Gasteiger partial charge on any atom is 0.350 e. The number of nitrogens with one attached hydrogen (secondary N) is 1. The van der Waals surface area contributed by atoms with Crippen LogP contribution in [0.5, 0.6) is 0 Å². The molecule has 2 amide bonds. The van der Waals surface area contributed by atoms with Crippen molar-refractivity contribution in [1.29, 1.82) is 0 Å². The second kappa shape index (κ2) is 9.55. The zero-order valence-electron chi connectivity index (χ0n) is 17.4. The Labute approximate surface area is 181 Å². The molecule has 0 fully saturated rings. The standard InChI is InChI=1S/C25H27N5O/c26-29-25(31)30(27)19-15-16-20-21-12-7-8-14-23(21)28-24(22(20)17-19)13-6-2-5-11-18-9-3-1-4-10-18/h1,3-4,7-10,12,14-17H,2,5-6,11,13,26-27H2,(H,29,31). The van der Waals surface area contributed by atoms with E-state index in [9.17, 15) is 4.79 Å². The minimum atomic E-state index is -0.574. The molecule has 6 heteroatoms. The Morgan fingerprint density at radius 3 is 2.39 bits per heavy atom. The Bertz CT molecular complexity index is 1190. The number of para-hydroxylation sites is 1. The van der Waals surface area contributed by atoms with Gasteiger partial charge in [-0.3, -0.25) is 10.4 Å². The summed E-state index contributed by atoms with van der Waals surface area (Å²) in [7, 11) is 0. The number of aromatic nitrogens is 1. The SMILES string of the molecule is NNC(=O)N(N)c1ccc2c(c1)c(CCCCCc1ccccc1)nc1ccccc12. The molecule has 5 N–H and O–H groups in total. The number of nitrogens with zero attached hydrogens (tertiary/aromatic N) is 2. The van der Waals surface area contributed by atoms with Gasteiger partial charge in [0.05, 0.1) is 11.2 Å². The van der Waals surface area contributed by atoms with Crippen molar-refractivity contribution in [3.8, 4) is 0 Å². The molecule has 0 atom stereocenters. The van der Waals surface area contributed by atoms with Gasteiger partial charge in [0.15, 0.2) is 0 Å². The van der Waals surface area contributed by atoms with E-state index in [1.807, 2.05) is 42.5 Å². The fraction of sp³-hybridized carbons (Fsp3) is 0.200. The van der Waals surface area contributed by atoms with Crippen LogP contribution in [0.4, 0.5) is 10.5 Å². The van der Waals surface area contributed by atoms with Gasteiger partial charge in [-0.15, -0.1) is 0 Å². The van der Waals surface area contributed by atoms with Crippen LogP contribution in [-0.4, -0.2) is 11.0 Å². The molecule has 4 rings (SSSR count). The second-order valence-electron chi connectivity index (χ2n) is 7.67. The van der Waals surface area contributed by atoms with Crippen LogP contribution < -0.4 is 22.1 Å². The Morgan fingerprint density at radius 2 is 1.58 bits per heavy atom. The Hall–Kier alpha value is -3.48. The average Bonchev–Trinajstić information content (AvgIpc) is 2.83. The maximum absolute atomic E-state index is 11.9. The molecular weight excluding hydrogens is 386 g/mol. The fourth-order valence-corrected chi connectivity index (χ4v) is 3.98. The molecule has 3 aromatic carbocycles. The molecule has 0 saturated heterocycles. The number of unbranched alkanes of at least 4 members (excludes halogenated alkanes) is 2. The van der Waals surface area contributed by atoms with E-state index >= 15 is 0 Å². The van der Waals surface area contributed by atoms with Crippen LogP contribution in [0.3, 0.4) is 0 Å². The number of hydrogen-bond acceptors (Lipinski definition) is 4. The molecule has 0 aliphatic carbocycles. The highest BCUT2D eigenvalue weighted by Gasteiger charge is 2.14. The lowest BCUT2D eigenvalue weighted by molar-refractivity contribution is 0.246. The molecule has 0 aliphatic heterocycles. The number of hydrazine groups is 2. The molecule has 1 heterocycles. The topological polar surface area (TPSA) is 97.3 Å². The van der Waals surface area contributed by atoms with E-state index in [4.69, 9.17) is 16.7 Å². The molecule has 0 bridgehead atoms. The van der Waals surface area contributed by atoms with E-state index in [1.54, 1.807) is 0 Å². The molecule has 0 aliphatic rings. The zero-order valence-corrected chi connectivity index (χ0v) is 17.4. The minimum Gasteiger partial charge on any atom is -0.274 e. The number of anilines is 1. The summed E-state index contributed by atoms with van der Waals surface area (Å²) in [5.74, 6) is 11.1. The van der Waals surface area contributed by atoms with Gasteiger partial charge in [-0.05, 0) is 54.8 Å². The summed E-state index contributed by atoms with van der Waals surface area (Å²) >= 11 is 0. The summed E-state index contributed by atoms with van der Waals surface area (Å²) < 4.78 is 0. The first-order valence-electron chi connectivity index (χ1n) is 10.6. The molecule has 1 aromatic heterocycles. The number of amides is 2. The smallest absolute Gasteiger partial charge is 0.274 e. The normalized spacial score (nSPS) is 11.0. The van der Waals surface area contributed by atoms with Crippen LogP contribution in [0.25, 0.3) is 21.7 Å². The number of hydrogen-bond donors (Lipinski definition) is 3. The van der Waals surface area contributed by atoms with E-state index in [2.05, 4.69) is 35.8 Å². The van der Waals surface area contributed by atoms with Crippen molar-refractivity contribution < 1.29 is 4.79 Å². The van der Waals surface area contributed by atoms with Gasteiger partial charge in [-0.25, -0.2) is 21.5 Å². The second-order valence-corrected chi connectivity index (χ2v) is 7.67. The minimum absolute atomic E-state index is 0.567. The zero-order chi connectivity index (χ0) is 21.6. The van der Waals surface area contributed by atoms with Crippen molar-refractivity contribution in [3.63, 3.8) is 0 Å². The van der Waals surface area contributed by atoms with E-state index in [1.165, 1.54) is 5.56 Å². The number of pyridine rings is 1. The van der Waals surface area contributed by atoms with Gasteiger partial charge in [0.1, 0.15) is 0 Å². The molecule has 4 aromatic rings. The third kappa shape index (κ3) is 4.66. The van der Waals surface area contributed by atoms with Crippen LogP contribution in [0.1, 0.15) is 30.5 Å². The van der Waals surface area contributed by atoms with Gasteiger partial charge in [-0.2, -0.15) is 0 Å². The molecule has 6 nitrogen and oxygen atoms in total. The Kier molecular flexibility index (Phi) is 6.40. The summed E-state index contributed by atoms with van der Waals surface area (Å²) in [6.07, 6.45) is 5.28. The highest BCUT2D eigenvalue weighted by Crippen LogP contribution is 2.30. The van der Waals surface area contributed by atoms with Crippen molar-refractivity contribution in [2.75, 3.05) is 5.01 Å². The van der Waals surface area contributed by atoms with Gasteiger partial charge < -0.3 is 0 Å². The lowest BCUT2D eigenvalue weighted by atomic mass is 9.99. The summed E-state index contributed by atoms with van der Waals surface area (Å²) in [6, 6.07) is 23.9. The van der Waals surface area contributed by atoms with Crippen molar-refractivity contribution >= 4 is 33.4 Å². The van der Waals surface area contributed by atoms with Crippen LogP contribution in [0, 0.1) is 0 Å². The molecule has 0 spiro atoms. The highest BCUT2D eigenvalue weighted by molar-refractivity contribution is 6.08. The number of fused-ring (bicyclic) bond motifs is 3. The largest absolute Gasteiger partial charge is 0.350 e. The first kappa shape index (κ1) is 20.8. The Balaban J connectivity index is 1.58. The Morgan fingerprint density at radius 1 is 0.839 bits per heavy atom. The number of carbonyl (C=O) groups is 1. The fourth-order valence-electron chi connectivity index (χ4n) is 3.98. The van der Waals surface area contributed by atoms with Gasteiger partial charge in [-0.1, -0.05) is 61.0 Å². The van der Waals surface area contributed by atoms with Crippen LogP contribution in [-0.2, 0) is 12.8 Å². The van der Waals surface area contributed by atoms with Gasteiger partial charge in [0, 0.05) is 16.5 Å². The van der Waals surface area contributed by atoms with E-state index in [0.29, 0.717) is 5.69 Å². The van der Waals surface area contributed by atoms with Gasteiger partial charge in [0.25, 0.3) is 0 Å². The lowest BCUT2D eigenvalue weighted by Gasteiger charge is -2.17. The lowest BCUT2D eigenvalue weighted by Crippen LogP contribution is -2.47. The first-order valence-corrected chi connectivity index (χ1v) is 10.6. The van der Waals surface area contributed by atoms with Gasteiger partial charge >= 0.3 is 6.03 Å². The molecule has 31 heavy (non-hydrogen) atoms. The van der Waals surface area contributed by atoms with E-state index < -0.39 is 6.03 Å². The molecule has 158 valence electrons. The van der Waals surface area contributed by atoms with Crippen molar-refractivity contribution in [2.24, 2.45) is 11.7 Å². The average molecular weight is 414 g/mol. The molecule has 0 radical (unpaired) electrons. The number of benzene rings is 3. The predicted molar refractivity (Wildman–Crippen MR) is 126 cm³/mol. The monoisotopic (exact) mass is 413 g/mol. The first-order chi connectivity index (χ1) is 15.2. The predicted octanol–water partition coefficient (Wildman–Crippen LogP) is 4.61. The summed E-state index contributed by atoms with van der Waals surface area (Å²) in [6.45, 7) is 0. The quantitative estimate of drug-likeness (QED) is 0.136. The number of nitrogens with two attached hydrogens (primary N) is 2. The number of aryl methyl sites for hydroxylation is 2. The van der Waals surface area contributed by atoms with E-state index in [0.717, 1.165) is 64.5 Å². The maximum atomic E-state index is 11.9.